The van der Waals surface area contributed by atoms with Crippen LogP contribution >= 0.6 is 0 Å². The van der Waals surface area contributed by atoms with Gasteiger partial charge in [-0.25, -0.2) is 5.06 Å². The minimum Gasteiger partial charge on any atom is -0.398 e. The van der Waals surface area contributed by atoms with Crippen molar-refractivity contribution in [1.29, 1.82) is 0 Å². The molecule has 1 heterocycles. The highest BCUT2D eigenvalue weighted by atomic mass is 16.7. The zero-order valence-electron chi connectivity index (χ0n) is 8.67. The van der Waals surface area contributed by atoms with E-state index in [9.17, 15) is 4.79 Å². The minimum absolute atomic E-state index is 0.0545. The van der Waals surface area contributed by atoms with Gasteiger partial charge < -0.3 is 5.73 Å². The molecule has 4 nitrogen and oxygen atoms in total. The van der Waals surface area contributed by atoms with Crippen LogP contribution in [0.5, 0.6) is 0 Å². The highest BCUT2D eigenvalue weighted by Gasteiger charge is 2.39. The summed E-state index contributed by atoms with van der Waals surface area (Å²) in [6.45, 7) is 0. The summed E-state index contributed by atoms with van der Waals surface area (Å²) >= 11 is 0. The third kappa shape index (κ3) is 1.31. The molecule has 1 aromatic rings. The van der Waals surface area contributed by atoms with Crippen LogP contribution in [0.4, 0.5) is 5.69 Å². The molecule has 1 fully saturated rings. The first-order valence-corrected chi connectivity index (χ1v) is 5.29. The van der Waals surface area contributed by atoms with E-state index in [2.05, 4.69) is 0 Å². The van der Waals surface area contributed by atoms with Crippen molar-refractivity contribution in [2.75, 3.05) is 5.73 Å². The molecule has 1 aromatic carbocycles. The fourth-order valence-corrected chi connectivity index (χ4v) is 2.13. The molecule has 4 heteroatoms. The lowest BCUT2D eigenvalue weighted by Gasteiger charge is -2.23. The second kappa shape index (κ2) is 3.35. The Morgan fingerprint density at radius 2 is 2.19 bits per heavy atom. The first-order valence-electron chi connectivity index (χ1n) is 5.29. The Morgan fingerprint density at radius 3 is 2.81 bits per heavy atom. The Balaban J connectivity index is 1.89. The van der Waals surface area contributed by atoms with Crippen LogP contribution in [-0.4, -0.2) is 23.1 Å². The number of rotatable bonds is 1. The molecule has 2 N–H and O–H groups in total. The Morgan fingerprint density at radius 1 is 1.38 bits per heavy atom. The molecule has 1 amide bonds. The van der Waals surface area contributed by atoms with E-state index in [1.807, 2.05) is 18.2 Å². The summed E-state index contributed by atoms with van der Waals surface area (Å²) in [6.07, 6.45) is 4.91. The van der Waals surface area contributed by atoms with Crippen molar-refractivity contribution >= 4 is 11.6 Å². The molecule has 2 atom stereocenters. The number of carbonyl (C=O) groups is 1. The van der Waals surface area contributed by atoms with Gasteiger partial charge >= 0.3 is 0 Å². The number of anilines is 1. The van der Waals surface area contributed by atoms with Gasteiger partial charge in [-0.05, 0) is 12.1 Å². The van der Waals surface area contributed by atoms with Crippen LogP contribution in [0.1, 0.15) is 16.8 Å². The molecule has 82 valence electrons. The van der Waals surface area contributed by atoms with Gasteiger partial charge in [0.1, 0.15) is 6.10 Å². The summed E-state index contributed by atoms with van der Waals surface area (Å²) in [5.74, 6) is -0.157. The molecular weight excluding hydrogens is 204 g/mol. The molecule has 0 aromatic heterocycles. The van der Waals surface area contributed by atoms with E-state index in [4.69, 9.17) is 10.6 Å². The first-order chi connectivity index (χ1) is 7.75. The molecule has 2 bridgehead atoms. The SMILES string of the molecule is Nc1ccccc1C(=O)N1O[C@@H]2C=C[C@H]1C2. The van der Waals surface area contributed by atoms with E-state index in [-0.39, 0.29) is 18.1 Å². The van der Waals surface area contributed by atoms with Gasteiger partial charge in [0.15, 0.2) is 0 Å². The zero-order chi connectivity index (χ0) is 11.1. The van der Waals surface area contributed by atoms with E-state index in [0.717, 1.165) is 6.42 Å². The number of fused-ring (bicyclic) bond motifs is 2. The molecule has 0 spiro atoms. The quantitative estimate of drug-likeness (QED) is 0.569. The van der Waals surface area contributed by atoms with Crippen LogP contribution in [0.25, 0.3) is 0 Å². The summed E-state index contributed by atoms with van der Waals surface area (Å²) in [5, 5.41) is 1.43. The predicted molar refractivity (Wildman–Crippen MR) is 59.4 cm³/mol. The van der Waals surface area contributed by atoms with Gasteiger partial charge in [-0.15, -0.1) is 0 Å². The smallest absolute Gasteiger partial charge is 0.280 e. The van der Waals surface area contributed by atoms with Gasteiger partial charge in [0.05, 0.1) is 11.6 Å². The summed E-state index contributed by atoms with van der Waals surface area (Å²) in [5.41, 5.74) is 6.76. The maximum atomic E-state index is 12.1. The summed E-state index contributed by atoms with van der Waals surface area (Å²) in [7, 11) is 0. The van der Waals surface area contributed by atoms with Crippen molar-refractivity contribution in [3.05, 3.63) is 42.0 Å². The molecule has 16 heavy (non-hydrogen) atoms. The first kappa shape index (κ1) is 9.42. The summed E-state index contributed by atoms with van der Waals surface area (Å²) < 4.78 is 0. The van der Waals surface area contributed by atoms with Crippen LogP contribution < -0.4 is 5.73 Å². The van der Waals surface area contributed by atoms with E-state index < -0.39 is 0 Å². The molecule has 1 aliphatic carbocycles. The number of para-hydroxylation sites is 1. The van der Waals surface area contributed by atoms with Crippen LogP contribution in [0.2, 0.25) is 0 Å². The number of hydrogen-bond acceptors (Lipinski definition) is 3. The van der Waals surface area contributed by atoms with Gasteiger partial charge in [0.2, 0.25) is 0 Å². The molecule has 3 rings (SSSR count). The van der Waals surface area contributed by atoms with Crippen molar-refractivity contribution in [2.45, 2.75) is 18.6 Å². The lowest BCUT2D eigenvalue weighted by molar-refractivity contribution is -0.114. The van der Waals surface area contributed by atoms with Gasteiger partial charge in [0.25, 0.3) is 5.91 Å². The van der Waals surface area contributed by atoms with Crippen molar-refractivity contribution in [2.24, 2.45) is 0 Å². The predicted octanol–water partition coefficient (Wildman–Crippen LogP) is 1.35. The van der Waals surface area contributed by atoms with Crippen molar-refractivity contribution in [1.82, 2.24) is 5.06 Å². The molecule has 2 aliphatic rings. The number of nitrogens with two attached hydrogens (primary N) is 1. The van der Waals surface area contributed by atoms with Crippen molar-refractivity contribution < 1.29 is 9.63 Å². The van der Waals surface area contributed by atoms with E-state index in [1.54, 1.807) is 18.2 Å². The van der Waals surface area contributed by atoms with Crippen molar-refractivity contribution in [3.63, 3.8) is 0 Å². The van der Waals surface area contributed by atoms with Gasteiger partial charge in [-0.2, -0.15) is 0 Å². The number of hydrogen-bond donors (Lipinski definition) is 1. The van der Waals surface area contributed by atoms with Crippen LogP contribution in [0, 0.1) is 0 Å². The zero-order valence-corrected chi connectivity index (χ0v) is 8.67. The minimum atomic E-state index is -0.157. The van der Waals surface area contributed by atoms with Gasteiger partial charge in [-0.3, -0.25) is 9.63 Å². The summed E-state index contributed by atoms with van der Waals surface area (Å²) in [4.78, 5) is 17.6. The average molecular weight is 216 g/mol. The van der Waals surface area contributed by atoms with E-state index in [1.165, 1.54) is 5.06 Å². The molecule has 0 saturated carbocycles. The standard InChI is InChI=1S/C12H12N2O2/c13-11-4-2-1-3-10(11)12(15)14-8-5-6-9(7-8)16-14/h1-6,8-9H,7,13H2/t8-,9+/m0/s1. The monoisotopic (exact) mass is 216 g/mol. The molecule has 0 radical (unpaired) electrons. The topological polar surface area (TPSA) is 55.6 Å². The van der Waals surface area contributed by atoms with E-state index >= 15 is 0 Å². The lowest BCUT2D eigenvalue weighted by atomic mass is 10.1. The van der Waals surface area contributed by atoms with Crippen molar-refractivity contribution in [3.8, 4) is 0 Å². The fourth-order valence-electron chi connectivity index (χ4n) is 2.13. The fraction of sp³-hybridized carbons (Fsp3) is 0.250. The number of nitrogens with zero attached hydrogens (tertiary/aromatic N) is 1. The third-order valence-electron chi connectivity index (χ3n) is 2.96. The molecule has 1 saturated heterocycles. The molecule has 0 unspecified atom stereocenters. The largest absolute Gasteiger partial charge is 0.398 e. The number of carbonyl (C=O) groups excluding carboxylic acids is 1. The van der Waals surface area contributed by atoms with Crippen LogP contribution in [0.3, 0.4) is 0 Å². The number of nitrogen functional groups attached to an aromatic ring is 1. The number of benzene rings is 1. The van der Waals surface area contributed by atoms with E-state index in [0.29, 0.717) is 11.3 Å². The summed E-state index contributed by atoms with van der Waals surface area (Å²) in [6, 6.07) is 7.11. The lowest BCUT2D eigenvalue weighted by Crippen LogP contribution is -2.35. The molecular formula is C12H12N2O2. The maximum absolute atomic E-state index is 12.1. The van der Waals surface area contributed by atoms with Crippen LogP contribution in [-0.2, 0) is 4.84 Å². The van der Waals surface area contributed by atoms with Gasteiger partial charge in [0, 0.05) is 12.1 Å². The second-order valence-electron chi connectivity index (χ2n) is 4.05. The van der Waals surface area contributed by atoms with Crippen LogP contribution in [0.15, 0.2) is 36.4 Å². The highest BCUT2D eigenvalue weighted by molar-refractivity contribution is 5.98. The Bertz CT molecular complexity index is 470. The number of amides is 1. The molecule has 1 aliphatic heterocycles. The Labute approximate surface area is 93.2 Å². The maximum Gasteiger partial charge on any atom is 0.280 e. The normalized spacial score (nSPS) is 26.4. The number of hydroxylamine groups is 2. The third-order valence-corrected chi connectivity index (χ3v) is 2.96. The Kier molecular flexibility index (Phi) is 1.97. The Hall–Kier alpha value is -1.81. The van der Waals surface area contributed by atoms with Gasteiger partial charge in [-0.1, -0.05) is 24.3 Å². The highest BCUT2D eigenvalue weighted by Crippen LogP contribution is 2.31. The average Bonchev–Trinajstić information content (AvgIpc) is 2.90. The second-order valence-corrected chi connectivity index (χ2v) is 4.05.